The van der Waals surface area contributed by atoms with Crippen LogP contribution in [0, 0.1) is 24.1 Å². The van der Waals surface area contributed by atoms with Crippen molar-refractivity contribution in [3.63, 3.8) is 0 Å². The maximum absolute atomic E-state index is 13.5. The fraction of sp³-hybridized carbons (Fsp3) is 0.200. The molecule has 0 aliphatic carbocycles. The molecule has 2 rings (SSSR count). The molecule has 2 nitrogen and oxygen atoms in total. The van der Waals surface area contributed by atoms with E-state index in [2.05, 4.69) is 4.98 Å². The number of rotatable bonds is 3. The number of hydrogen-bond acceptors (Lipinski definition) is 3. The Bertz CT molecular complexity index is 735. The van der Waals surface area contributed by atoms with Gasteiger partial charge in [-0.15, -0.1) is 11.8 Å². The number of nitrogens with zero attached hydrogens (tertiary/aromatic N) is 2. The lowest BCUT2D eigenvalue weighted by atomic mass is 10.1. The van der Waals surface area contributed by atoms with Crippen LogP contribution in [0.5, 0.6) is 0 Å². The van der Waals surface area contributed by atoms with Gasteiger partial charge in [-0.2, -0.15) is 18.4 Å². The molecule has 0 bridgehead atoms. The molecule has 1 heterocycles. The minimum absolute atomic E-state index is 0.0434. The van der Waals surface area contributed by atoms with Gasteiger partial charge in [0.1, 0.15) is 16.9 Å². The summed E-state index contributed by atoms with van der Waals surface area (Å²) in [5.74, 6) is -0.355. The largest absolute Gasteiger partial charge is 0.417 e. The third kappa shape index (κ3) is 3.57. The summed E-state index contributed by atoms with van der Waals surface area (Å²) in [5, 5.41) is 8.98. The topological polar surface area (TPSA) is 36.7 Å². The Kier molecular flexibility index (Phi) is 4.71. The van der Waals surface area contributed by atoms with Crippen molar-refractivity contribution >= 4 is 11.8 Å². The van der Waals surface area contributed by atoms with Gasteiger partial charge in [-0.1, -0.05) is 18.2 Å². The van der Waals surface area contributed by atoms with E-state index in [1.54, 1.807) is 12.1 Å². The van der Waals surface area contributed by atoms with Gasteiger partial charge in [0.2, 0.25) is 0 Å². The number of pyridine rings is 1. The smallest absolute Gasteiger partial charge is 0.245 e. The monoisotopic (exact) mass is 326 g/mol. The number of nitriles is 1. The standard InChI is InChI=1S/C15H10F4N2S/c1-9-6-12(15(17,18)19)11(7-20)14(21-9)22-8-10-4-2-3-5-13(10)16/h2-6H,8H2,1H3. The Balaban J connectivity index is 2.38. The van der Waals surface area contributed by atoms with Crippen molar-refractivity contribution in [3.8, 4) is 6.07 Å². The van der Waals surface area contributed by atoms with Gasteiger partial charge in [-0.3, -0.25) is 0 Å². The number of hydrogen-bond donors (Lipinski definition) is 0. The van der Waals surface area contributed by atoms with Crippen molar-refractivity contribution in [2.24, 2.45) is 0 Å². The molecule has 0 saturated carbocycles. The summed E-state index contributed by atoms with van der Waals surface area (Å²) in [6, 6.07) is 8.36. The molecule has 0 aliphatic rings. The molecule has 7 heteroatoms. The van der Waals surface area contributed by atoms with Crippen molar-refractivity contribution in [2.45, 2.75) is 23.9 Å². The van der Waals surface area contributed by atoms with E-state index in [1.165, 1.54) is 25.1 Å². The quantitative estimate of drug-likeness (QED) is 0.605. The summed E-state index contributed by atoms with van der Waals surface area (Å²) >= 11 is 0.910. The third-order valence-corrected chi connectivity index (χ3v) is 3.88. The highest BCUT2D eigenvalue weighted by Crippen LogP contribution is 2.36. The number of thioether (sulfide) groups is 1. The summed E-state index contributed by atoms with van der Waals surface area (Å²) in [4.78, 5) is 3.98. The lowest BCUT2D eigenvalue weighted by Crippen LogP contribution is -2.10. The first-order valence-corrected chi connectivity index (χ1v) is 7.16. The summed E-state index contributed by atoms with van der Waals surface area (Å²) in [6.07, 6.45) is -4.63. The van der Waals surface area contributed by atoms with E-state index in [9.17, 15) is 17.6 Å². The van der Waals surface area contributed by atoms with Crippen molar-refractivity contribution in [1.82, 2.24) is 4.98 Å². The molecular formula is C15H10F4N2S. The van der Waals surface area contributed by atoms with E-state index in [4.69, 9.17) is 5.26 Å². The van der Waals surface area contributed by atoms with Crippen molar-refractivity contribution in [2.75, 3.05) is 0 Å². The lowest BCUT2D eigenvalue weighted by molar-refractivity contribution is -0.138. The first kappa shape index (κ1) is 16.3. The van der Waals surface area contributed by atoms with Crippen LogP contribution in [0.15, 0.2) is 35.4 Å². The zero-order valence-electron chi connectivity index (χ0n) is 11.4. The van der Waals surface area contributed by atoms with Crippen LogP contribution in [0.3, 0.4) is 0 Å². The molecule has 0 N–H and O–H groups in total. The molecule has 0 fully saturated rings. The minimum Gasteiger partial charge on any atom is -0.245 e. The van der Waals surface area contributed by atoms with Crippen LogP contribution in [0.1, 0.15) is 22.4 Å². The van der Waals surface area contributed by atoms with E-state index in [1.807, 2.05) is 0 Å². The van der Waals surface area contributed by atoms with Crippen molar-refractivity contribution in [1.29, 1.82) is 5.26 Å². The summed E-state index contributed by atoms with van der Waals surface area (Å²) in [5.41, 5.74) is -1.05. The van der Waals surface area contributed by atoms with E-state index in [0.29, 0.717) is 5.56 Å². The maximum atomic E-state index is 13.5. The number of benzene rings is 1. The molecule has 1 aromatic carbocycles. The predicted octanol–water partition coefficient (Wildman–Crippen LogP) is 4.71. The van der Waals surface area contributed by atoms with Gasteiger partial charge < -0.3 is 0 Å². The second-order valence-corrected chi connectivity index (χ2v) is 5.45. The molecule has 22 heavy (non-hydrogen) atoms. The molecule has 1 aromatic heterocycles. The first-order chi connectivity index (χ1) is 10.3. The molecule has 0 aliphatic heterocycles. The van der Waals surface area contributed by atoms with Crippen LogP contribution < -0.4 is 0 Å². The van der Waals surface area contributed by atoms with Crippen LogP contribution in [0.25, 0.3) is 0 Å². The lowest BCUT2D eigenvalue weighted by Gasteiger charge is -2.12. The Morgan fingerprint density at radius 1 is 1.27 bits per heavy atom. The summed E-state index contributed by atoms with van der Waals surface area (Å²) in [7, 11) is 0. The molecular weight excluding hydrogens is 316 g/mol. The van der Waals surface area contributed by atoms with Crippen LogP contribution in [0.4, 0.5) is 17.6 Å². The van der Waals surface area contributed by atoms with Gasteiger partial charge >= 0.3 is 6.18 Å². The Morgan fingerprint density at radius 2 is 1.95 bits per heavy atom. The van der Waals surface area contributed by atoms with E-state index >= 15 is 0 Å². The van der Waals surface area contributed by atoms with Gasteiger partial charge in [-0.05, 0) is 24.6 Å². The molecule has 0 amide bonds. The maximum Gasteiger partial charge on any atom is 0.417 e. The minimum atomic E-state index is -4.63. The highest BCUT2D eigenvalue weighted by molar-refractivity contribution is 7.98. The molecule has 0 radical (unpaired) electrons. The normalized spacial score (nSPS) is 11.3. The van der Waals surface area contributed by atoms with Gasteiger partial charge in [0.05, 0.1) is 11.1 Å². The molecule has 2 aromatic rings. The first-order valence-electron chi connectivity index (χ1n) is 6.18. The summed E-state index contributed by atoms with van der Waals surface area (Å²) < 4.78 is 52.5. The Labute approximate surface area is 128 Å². The van der Waals surface area contributed by atoms with E-state index in [0.717, 1.165) is 17.8 Å². The fourth-order valence-corrected chi connectivity index (χ4v) is 2.88. The van der Waals surface area contributed by atoms with Gasteiger partial charge in [0.15, 0.2) is 0 Å². The van der Waals surface area contributed by atoms with Crippen molar-refractivity contribution < 1.29 is 17.6 Å². The third-order valence-electron chi connectivity index (χ3n) is 2.85. The Hall–Kier alpha value is -2.07. The van der Waals surface area contributed by atoms with Crippen LogP contribution in [-0.2, 0) is 11.9 Å². The van der Waals surface area contributed by atoms with E-state index in [-0.39, 0.29) is 16.5 Å². The average Bonchev–Trinajstić information content (AvgIpc) is 2.45. The van der Waals surface area contributed by atoms with Crippen molar-refractivity contribution in [3.05, 3.63) is 58.5 Å². The highest BCUT2D eigenvalue weighted by atomic mass is 32.2. The van der Waals surface area contributed by atoms with Gasteiger partial charge in [0.25, 0.3) is 0 Å². The molecule has 0 spiro atoms. The number of alkyl halides is 3. The van der Waals surface area contributed by atoms with Crippen LogP contribution >= 0.6 is 11.8 Å². The highest BCUT2D eigenvalue weighted by Gasteiger charge is 2.35. The van der Waals surface area contributed by atoms with Gasteiger partial charge in [-0.25, -0.2) is 9.37 Å². The zero-order valence-corrected chi connectivity index (χ0v) is 12.2. The number of halogens is 4. The zero-order chi connectivity index (χ0) is 16.3. The molecule has 0 saturated heterocycles. The Morgan fingerprint density at radius 3 is 2.55 bits per heavy atom. The van der Waals surface area contributed by atoms with Crippen LogP contribution in [-0.4, -0.2) is 4.98 Å². The molecule has 0 atom stereocenters. The fourth-order valence-electron chi connectivity index (χ4n) is 1.84. The predicted molar refractivity (Wildman–Crippen MR) is 74.7 cm³/mol. The molecule has 0 unspecified atom stereocenters. The van der Waals surface area contributed by atoms with E-state index < -0.39 is 23.1 Å². The average molecular weight is 326 g/mol. The molecule has 114 valence electrons. The number of aromatic nitrogens is 1. The SMILES string of the molecule is Cc1cc(C(F)(F)F)c(C#N)c(SCc2ccccc2F)n1. The van der Waals surface area contributed by atoms with Crippen LogP contribution in [0.2, 0.25) is 0 Å². The summed E-state index contributed by atoms with van der Waals surface area (Å²) in [6.45, 7) is 1.42. The number of aryl methyl sites for hydroxylation is 1. The second-order valence-electron chi connectivity index (χ2n) is 4.48. The van der Waals surface area contributed by atoms with Gasteiger partial charge in [0, 0.05) is 11.4 Å². The second kappa shape index (κ2) is 6.36.